The topological polar surface area (TPSA) is 118 Å². The van der Waals surface area contributed by atoms with Gasteiger partial charge in [0.25, 0.3) is 0 Å². The van der Waals surface area contributed by atoms with E-state index >= 15 is 0 Å². The first-order valence-corrected chi connectivity index (χ1v) is 9.31. The highest BCUT2D eigenvalue weighted by molar-refractivity contribution is 5.94. The molecule has 0 fully saturated rings. The number of amides is 1. The number of aromatic nitrogens is 5. The molecular formula is C20H22N6O3. The van der Waals surface area contributed by atoms with Crippen LogP contribution in [-0.4, -0.2) is 42.0 Å². The maximum Gasteiger partial charge on any atom is 0.412 e. The highest BCUT2D eigenvalue weighted by Crippen LogP contribution is 2.31. The molecule has 1 unspecified atom stereocenters. The number of H-pyrrole nitrogens is 1. The predicted octanol–water partition coefficient (Wildman–Crippen LogP) is 3.06. The second kappa shape index (κ2) is 7.17. The quantitative estimate of drug-likeness (QED) is 0.490. The fourth-order valence-corrected chi connectivity index (χ4v) is 3.16. The fraction of sp³-hybridized carbons (Fsp3) is 0.300. The van der Waals surface area contributed by atoms with Gasteiger partial charge >= 0.3 is 6.09 Å². The molecule has 150 valence electrons. The van der Waals surface area contributed by atoms with Crippen LogP contribution in [0.25, 0.3) is 33.5 Å². The molecule has 0 spiro atoms. The molecule has 3 N–H and O–H groups in total. The van der Waals surface area contributed by atoms with Crippen molar-refractivity contribution in [3.8, 4) is 17.1 Å². The number of carbonyl (C=O) groups is 1. The van der Waals surface area contributed by atoms with Crippen molar-refractivity contribution in [2.75, 3.05) is 0 Å². The van der Waals surface area contributed by atoms with Gasteiger partial charge in [-0.3, -0.25) is 4.68 Å². The van der Waals surface area contributed by atoms with Crippen LogP contribution < -0.4 is 10.1 Å². The molecule has 9 nitrogen and oxygen atoms in total. The summed E-state index contributed by atoms with van der Waals surface area (Å²) in [6.07, 6.45) is 2.02. The highest BCUT2D eigenvalue weighted by atomic mass is 16.6. The number of hydrogen-bond acceptors (Lipinski definition) is 6. The largest absolute Gasteiger partial charge is 0.412 e. The molecule has 0 bridgehead atoms. The molecule has 1 amide bonds. The summed E-state index contributed by atoms with van der Waals surface area (Å²) < 4.78 is 7.13. The van der Waals surface area contributed by atoms with Crippen LogP contribution in [0.4, 0.5) is 4.79 Å². The van der Waals surface area contributed by atoms with E-state index in [9.17, 15) is 9.90 Å². The van der Waals surface area contributed by atoms with Gasteiger partial charge in [0.05, 0.1) is 17.8 Å². The second-order valence-electron chi connectivity index (χ2n) is 7.22. The Morgan fingerprint density at radius 2 is 2.10 bits per heavy atom. The third kappa shape index (κ3) is 3.52. The second-order valence-corrected chi connectivity index (χ2v) is 7.22. The lowest BCUT2D eigenvalue weighted by molar-refractivity contribution is 0.198. The summed E-state index contributed by atoms with van der Waals surface area (Å²) in [6.45, 7) is 5.42. The third-order valence-electron chi connectivity index (χ3n) is 4.55. The Labute approximate surface area is 166 Å². The molecule has 1 atom stereocenters. The van der Waals surface area contributed by atoms with Crippen LogP contribution in [-0.2, 0) is 7.05 Å². The van der Waals surface area contributed by atoms with Crippen molar-refractivity contribution in [2.45, 2.75) is 32.9 Å². The van der Waals surface area contributed by atoms with Gasteiger partial charge in [-0.05, 0) is 38.5 Å². The first-order chi connectivity index (χ1) is 13.8. The van der Waals surface area contributed by atoms with Crippen LogP contribution >= 0.6 is 0 Å². The molecule has 0 aliphatic carbocycles. The number of rotatable bonds is 4. The van der Waals surface area contributed by atoms with E-state index in [0.717, 1.165) is 16.5 Å². The maximum atomic E-state index is 12.0. The zero-order valence-corrected chi connectivity index (χ0v) is 16.6. The molecule has 0 aliphatic rings. The average Bonchev–Trinajstić information content (AvgIpc) is 3.21. The summed E-state index contributed by atoms with van der Waals surface area (Å²) >= 11 is 0. The van der Waals surface area contributed by atoms with Gasteiger partial charge in [0, 0.05) is 24.7 Å². The lowest BCUT2D eigenvalue weighted by Gasteiger charge is -2.08. The number of ether oxygens (including phenoxy) is 1. The summed E-state index contributed by atoms with van der Waals surface area (Å²) in [5, 5.41) is 18.0. The van der Waals surface area contributed by atoms with Gasteiger partial charge in [0.15, 0.2) is 16.9 Å². The molecule has 0 saturated heterocycles. The SMILES string of the molecule is CC(C)NC(=O)Oc1c[nH]c2ncc(-c3nn(C)c4ccc(C(C)O)cc34)nc12. The lowest BCUT2D eigenvalue weighted by Crippen LogP contribution is -2.32. The minimum atomic E-state index is -0.592. The van der Waals surface area contributed by atoms with E-state index < -0.39 is 12.2 Å². The highest BCUT2D eigenvalue weighted by Gasteiger charge is 2.18. The number of benzene rings is 1. The summed E-state index contributed by atoms with van der Waals surface area (Å²) in [7, 11) is 1.85. The summed E-state index contributed by atoms with van der Waals surface area (Å²) in [5.74, 6) is 0.289. The monoisotopic (exact) mass is 394 g/mol. The zero-order valence-electron chi connectivity index (χ0n) is 16.6. The van der Waals surface area contributed by atoms with Crippen LogP contribution in [0.1, 0.15) is 32.4 Å². The van der Waals surface area contributed by atoms with Crippen LogP contribution in [0.2, 0.25) is 0 Å². The molecule has 0 radical (unpaired) electrons. The van der Waals surface area contributed by atoms with E-state index in [1.807, 2.05) is 39.1 Å². The summed E-state index contributed by atoms with van der Waals surface area (Å²) in [6, 6.07) is 5.65. The standard InChI is InChI=1S/C20H22N6O3/c1-10(2)23-20(28)29-16-9-22-19-18(16)24-14(8-21-19)17-13-7-12(11(3)27)5-6-15(13)26(4)25-17/h5-11,27H,1-4H3,(H,21,22)(H,23,28). The van der Waals surface area contributed by atoms with E-state index in [1.165, 1.54) is 0 Å². The van der Waals surface area contributed by atoms with E-state index in [4.69, 9.17) is 4.74 Å². The fourth-order valence-electron chi connectivity index (χ4n) is 3.16. The van der Waals surface area contributed by atoms with Crippen molar-refractivity contribution >= 4 is 28.2 Å². The molecule has 1 aromatic carbocycles. The number of aryl methyl sites for hydroxylation is 1. The lowest BCUT2D eigenvalue weighted by atomic mass is 10.1. The van der Waals surface area contributed by atoms with Crippen LogP contribution in [0, 0.1) is 0 Å². The van der Waals surface area contributed by atoms with Gasteiger partial charge in [-0.1, -0.05) is 6.07 Å². The van der Waals surface area contributed by atoms with Crippen molar-refractivity contribution in [1.29, 1.82) is 0 Å². The average molecular weight is 394 g/mol. The van der Waals surface area contributed by atoms with Gasteiger partial charge in [-0.25, -0.2) is 14.8 Å². The van der Waals surface area contributed by atoms with Gasteiger partial charge < -0.3 is 20.1 Å². The van der Waals surface area contributed by atoms with Crippen molar-refractivity contribution in [1.82, 2.24) is 30.0 Å². The Kier molecular flexibility index (Phi) is 4.67. The number of nitrogens with zero attached hydrogens (tertiary/aromatic N) is 4. The minimum Gasteiger partial charge on any atom is -0.406 e. The molecule has 3 heterocycles. The number of carbonyl (C=O) groups excluding carboxylic acids is 1. The van der Waals surface area contributed by atoms with E-state index in [1.54, 1.807) is 24.0 Å². The van der Waals surface area contributed by atoms with Crippen molar-refractivity contribution < 1.29 is 14.6 Å². The molecule has 4 aromatic rings. The Morgan fingerprint density at radius 3 is 2.83 bits per heavy atom. The molecule has 9 heteroatoms. The number of aliphatic hydroxyl groups is 1. The molecular weight excluding hydrogens is 372 g/mol. The molecule has 3 aromatic heterocycles. The predicted molar refractivity (Wildman–Crippen MR) is 109 cm³/mol. The van der Waals surface area contributed by atoms with Gasteiger partial charge in [0.2, 0.25) is 0 Å². The Bertz CT molecular complexity index is 1210. The third-order valence-corrected chi connectivity index (χ3v) is 4.55. The van der Waals surface area contributed by atoms with Crippen molar-refractivity contribution in [3.63, 3.8) is 0 Å². The number of hydrogen-bond donors (Lipinski definition) is 3. The molecule has 4 rings (SSSR count). The molecule has 0 aliphatic heterocycles. The van der Waals surface area contributed by atoms with E-state index in [-0.39, 0.29) is 11.8 Å². The number of nitrogens with one attached hydrogen (secondary N) is 2. The van der Waals surface area contributed by atoms with Crippen molar-refractivity contribution in [3.05, 3.63) is 36.2 Å². The van der Waals surface area contributed by atoms with Gasteiger partial charge in [0.1, 0.15) is 11.4 Å². The number of fused-ring (bicyclic) bond motifs is 2. The summed E-state index contributed by atoms with van der Waals surface area (Å²) in [4.78, 5) is 23.9. The van der Waals surface area contributed by atoms with Crippen molar-refractivity contribution in [2.24, 2.45) is 7.05 Å². The maximum absolute atomic E-state index is 12.0. The minimum absolute atomic E-state index is 0.0441. The van der Waals surface area contributed by atoms with Crippen LogP contribution in [0.3, 0.4) is 0 Å². The first-order valence-electron chi connectivity index (χ1n) is 9.31. The van der Waals surface area contributed by atoms with Gasteiger partial charge in [-0.2, -0.15) is 5.10 Å². The Morgan fingerprint density at radius 1 is 1.31 bits per heavy atom. The van der Waals surface area contributed by atoms with E-state index in [0.29, 0.717) is 22.6 Å². The first kappa shape index (κ1) is 18.9. The molecule has 29 heavy (non-hydrogen) atoms. The van der Waals surface area contributed by atoms with Crippen LogP contribution in [0.5, 0.6) is 5.75 Å². The van der Waals surface area contributed by atoms with Crippen LogP contribution in [0.15, 0.2) is 30.6 Å². The Hall–Kier alpha value is -3.46. The number of aromatic amines is 1. The Balaban J connectivity index is 1.79. The smallest absolute Gasteiger partial charge is 0.406 e. The summed E-state index contributed by atoms with van der Waals surface area (Å²) in [5.41, 5.74) is 3.82. The zero-order chi connectivity index (χ0) is 20.7. The molecule has 0 saturated carbocycles. The van der Waals surface area contributed by atoms with E-state index in [2.05, 4.69) is 25.4 Å². The van der Waals surface area contributed by atoms with Gasteiger partial charge in [-0.15, -0.1) is 0 Å². The normalized spacial score (nSPS) is 12.6. The number of aliphatic hydroxyl groups excluding tert-OH is 1.